The van der Waals surface area contributed by atoms with Crippen LogP contribution >= 0.6 is 0 Å². The van der Waals surface area contributed by atoms with Crippen LogP contribution in [0.3, 0.4) is 0 Å². The van der Waals surface area contributed by atoms with Crippen molar-refractivity contribution in [3.63, 3.8) is 0 Å². The molecule has 0 aliphatic heterocycles. The molecule has 0 bridgehead atoms. The van der Waals surface area contributed by atoms with E-state index < -0.39 is 0 Å². The lowest BCUT2D eigenvalue weighted by molar-refractivity contribution is 0.0701. The smallest absolute Gasteiger partial charge is 0.257 e. The van der Waals surface area contributed by atoms with E-state index in [1.807, 2.05) is 18.7 Å². The zero-order valence-corrected chi connectivity index (χ0v) is 11.6. The van der Waals surface area contributed by atoms with Crippen LogP contribution < -0.4 is 5.73 Å². The molecule has 1 amide bonds. The number of furan rings is 1. The zero-order chi connectivity index (χ0) is 13.5. The third-order valence-corrected chi connectivity index (χ3v) is 2.99. The quantitative estimate of drug-likeness (QED) is 0.759. The lowest BCUT2D eigenvalue weighted by atomic mass is 10.2. The Hall–Kier alpha value is -1.29. The number of carbonyl (C=O) groups excluding carboxylic acids is 1. The maximum Gasteiger partial charge on any atom is 0.257 e. The molecule has 0 aliphatic carbocycles. The molecule has 0 aromatic carbocycles. The van der Waals surface area contributed by atoms with Crippen LogP contribution in [0.4, 0.5) is 0 Å². The van der Waals surface area contributed by atoms with Gasteiger partial charge in [0.05, 0.1) is 12.1 Å². The number of nitrogens with zero attached hydrogens (tertiary/aromatic N) is 1. The van der Waals surface area contributed by atoms with E-state index in [1.165, 1.54) is 6.26 Å². The summed E-state index contributed by atoms with van der Waals surface area (Å²) in [5, 5.41) is 0. The number of amides is 1. The summed E-state index contributed by atoms with van der Waals surface area (Å²) in [6.07, 6.45) is 4.85. The minimum Gasteiger partial charge on any atom is -0.467 e. The van der Waals surface area contributed by atoms with Crippen LogP contribution in [0.5, 0.6) is 0 Å². The Bertz CT molecular complexity index is 372. The summed E-state index contributed by atoms with van der Waals surface area (Å²) in [4.78, 5) is 14.2. The Morgan fingerprint density at radius 2 is 2.17 bits per heavy atom. The van der Waals surface area contributed by atoms with Crippen molar-refractivity contribution < 1.29 is 9.21 Å². The number of nitrogens with two attached hydrogens (primary N) is 1. The predicted octanol–water partition coefficient (Wildman–Crippen LogP) is 2.78. The topological polar surface area (TPSA) is 59.5 Å². The molecule has 102 valence electrons. The van der Waals surface area contributed by atoms with E-state index in [4.69, 9.17) is 10.2 Å². The monoisotopic (exact) mass is 252 g/mol. The van der Waals surface area contributed by atoms with Crippen LogP contribution in [0.1, 0.15) is 56.2 Å². The maximum atomic E-state index is 12.3. The molecule has 0 atom stereocenters. The lowest BCUT2D eigenvalue weighted by Crippen LogP contribution is -2.37. The van der Waals surface area contributed by atoms with Gasteiger partial charge in [-0.25, -0.2) is 0 Å². The van der Waals surface area contributed by atoms with Crippen molar-refractivity contribution in [3.05, 3.63) is 23.7 Å². The Labute approximate surface area is 109 Å². The fourth-order valence-corrected chi connectivity index (χ4v) is 1.89. The van der Waals surface area contributed by atoms with Crippen molar-refractivity contribution in [2.24, 2.45) is 5.73 Å². The van der Waals surface area contributed by atoms with Gasteiger partial charge in [-0.2, -0.15) is 0 Å². The molecule has 0 radical (unpaired) electrons. The number of hydrogen-bond acceptors (Lipinski definition) is 3. The van der Waals surface area contributed by atoms with Gasteiger partial charge in [0.2, 0.25) is 0 Å². The molecular formula is C14H24N2O2. The van der Waals surface area contributed by atoms with Gasteiger partial charge < -0.3 is 15.1 Å². The second kappa shape index (κ2) is 7.21. The first-order chi connectivity index (χ1) is 8.60. The molecule has 18 heavy (non-hydrogen) atoms. The third-order valence-electron chi connectivity index (χ3n) is 2.99. The average molecular weight is 252 g/mol. The van der Waals surface area contributed by atoms with E-state index in [9.17, 15) is 4.79 Å². The normalized spacial score (nSPS) is 10.9. The highest BCUT2D eigenvalue weighted by atomic mass is 16.3. The third kappa shape index (κ3) is 3.88. The van der Waals surface area contributed by atoms with Gasteiger partial charge in [-0.05, 0) is 26.3 Å². The highest BCUT2D eigenvalue weighted by molar-refractivity contribution is 5.94. The summed E-state index contributed by atoms with van der Waals surface area (Å²) >= 11 is 0. The SMILES string of the molecule is CCCCCN(C(=O)c1coc(CN)c1)C(C)C. The van der Waals surface area contributed by atoms with Gasteiger partial charge in [-0.3, -0.25) is 4.79 Å². The van der Waals surface area contributed by atoms with E-state index in [0.717, 1.165) is 25.8 Å². The molecule has 2 N–H and O–H groups in total. The molecule has 1 heterocycles. The molecule has 0 spiro atoms. The standard InChI is InChI=1S/C14H24N2O2/c1-4-5-6-7-16(11(2)3)14(17)12-8-13(9-15)18-10-12/h8,10-11H,4-7,9,15H2,1-3H3. The molecule has 0 saturated heterocycles. The summed E-state index contributed by atoms with van der Waals surface area (Å²) in [5.74, 6) is 0.681. The molecule has 0 fully saturated rings. The molecule has 1 rings (SSSR count). The van der Waals surface area contributed by atoms with Crippen LogP contribution in [0.2, 0.25) is 0 Å². The van der Waals surface area contributed by atoms with E-state index >= 15 is 0 Å². The van der Waals surface area contributed by atoms with Crippen molar-refractivity contribution in [2.75, 3.05) is 6.54 Å². The number of rotatable bonds is 7. The van der Waals surface area contributed by atoms with Crippen LogP contribution in [0.25, 0.3) is 0 Å². The van der Waals surface area contributed by atoms with Gasteiger partial charge in [-0.15, -0.1) is 0 Å². The molecular weight excluding hydrogens is 228 g/mol. The summed E-state index contributed by atoms with van der Waals surface area (Å²) < 4.78 is 5.22. The van der Waals surface area contributed by atoms with Crippen LogP contribution in [-0.2, 0) is 6.54 Å². The number of unbranched alkanes of at least 4 members (excludes halogenated alkanes) is 2. The van der Waals surface area contributed by atoms with Crippen molar-refractivity contribution in [3.8, 4) is 0 Å². The van der Waals surface area contributed by atoms with E-state index in [-0.39, 0.29) is 11.9 Å². The first-order valence-electron chi connectivity index (χ1n) is 6.68. The van der Waals surface area contributed by atoms with E-state index in [1.54, 1.807) is 6.07 Å². The largest absolute Gasteiger partial charge is 0.467 e. The highest BCUT2D eigenvalue weighted by Crippen LogP contribution is 2.13. The first kappa shape index (κ1) is 14.8. The molecule has 4 heteroatoms. The second-order valence-corrected chi connectivity index (χ2v) is 4.81. The summed E-state index contributed by atoms with van der Waals surface area (Å²) in [6.45, 7) is 7.35. The Balaban J connectivity index is 2.69. The number of hydrogen-bond donors (Lipinski definition) is 1. The Kier molecular flexibility index (Phi) is 5.92. The van der Waals surface area contributed by atoms with Crippen LogP contribution in [0.15, 0.2) is 16.7 Å². The predicted molar refractivity (Wildman–Crippen MR) is 72.3 cm³/mol. The van der Waals surface area contributed by atoms with Gasteiger partial charge in [-0.1, -0.05) is 19.8 Å². The maximum absolute atomic E-state index is 12.3. The van der Waals surface area contributed by atoms with Crippen molar-refractivity contribution >= 4 is 5.91 Å². The summed E-state index contributed by atoms with van der Waals surface area (Å²) in [6, 6.07) is 1.93. The van der Waals surface area contributed by atoms with Gasteiger partial charge >= 0.3 is 0 Å². The molecule has 4 nitrogen and oxygen atoms in total. The van der Waals surface area contributed by atoms with Crippen molar-refractivity contribution in [1.29, 1.82) is 0 Å². The summed E-state index contributed by atoms with van der Waals surface area (Å²) in [5.41, 5.74) is 6.08. The minimum absolute atomic E-state index is 0.0320. The molecule has 0 saturated carbocycles. The van der Waals surface area contributed by atoms with Crippen molar-refractivity contribution in [1.82, 2.24) is 4.90 Å². The van der Waals surface area contributed by atoms with Gasteiger partial charge in [0.15, 0.2) is 0 Å². The average Bonchev–Trinajstić information content (AvgIpc) is 2.82. The van der Waals surface area contributed by atoms with E-state index in [0.29, 0.717) is 17.9 Å². The van der Waals surface area contributed by atoms with Crippen LogP contribution in [-0.4, -0.2) is 23.4 Å². The summed E-state index contributed by atoms with van der Waals surface area (Å²) in [7, 11) is 0. The first-order valence-corrected chi connectivity index (χ1v) is 6.68. The van der Waals surface area contributed by atoms with Gasteiger partial charge in [0.25, 0.3) is 5.91 Å². The van der Waals surface area contributed by atoms with Gasteiger partial charge in [0.1, 0.15) is 12.0 Å². The fraction of sp³-hybridized carbons (Fsp3) is 0.643. The highest BCUT2D eigenvalue weighted by Gasteiger charge is 2.19. The van der Waals surface area contributed by atoms with Crippen LogP contribution in [0, 0.1) is 0 Å². The van der Waals surface area contributed by atoms with E-state index in [2.05, 4.69) is 6.92 Å². The van der Waals surface area contributed by atoms with Gasteiger partial charge in [0, 0.05) is 12.6 Å². The second-order valence-electron chi connectivity index (χ2n) is 4.81. The zero-order valence-electron chi connectivity index (χ0n) is 11.6. The fourth-order valence-electron chi connectivity index (χ4n) is 1.89. The lowest BCUT2D eigenvalue weighted by Gasteiger charge is -2.26. The molecule has 0 unspecified atom stereocenters. The molecule has 1 aromatic rings. The Morgan fingerprint density at radius 3 is 2.67 bits per heavy atom. The molecule has 0 aliphatic rings. The minimum atomic E-state index is 0.0320. The molecule has 1 aromatic heterocycles. The number of carbonyl (C=O) groups is 1. The Morgan fingerprint density at radius 1 is 1.44 bits per heavy atom. The van der Waals surface area contributed by atoms with Crippen molar-refractivity contribution in [2.45, 2.75) is 52.6 Å².